The van der Waals surface area contributed by atoms with E-state index in [1.807, 2.05) is 66.2 Å². The van der Waals surface area contributed by atoms with Crippen LogP contribution < -0.4 is 10.2 Å². The Morgan fingerprint density at radius 1 is 1.13 bits per heavy atom. The number of nitrogens with one attached hydrogen (secondary N) is 1. The summed E-state index contributed by atoms with van der Waals surface area (Å²) in [7, 11) is 1.64. The van der Waals surface area contributed by atoms with Crippen molar-refractivity contribution < 1.29 is 14.3 Å². The topological polar surface area (TPSA) is 76.5 Å². The maximum Gasteiger partial charge on any atom is 0.240 e. The van der Waals surface area contributed by atoms with Gasteiger partial charge in [-0.05, 0) is 47.4 Å². The predicted octanol–water partition coefficient (Wildman–Crippen LogP) is 5.23. The Balaban J connectivity index is 1.70. The summed E-state index contributed by atoms with van der Waals surface area (Å²) in [6.45, 7) is 3.00. The molecular weight excluding hydrogens is 516 g/mol. The van der Waals surface area contributed by atoms with Crippen molar-refractivity contribution >= 4 is 40.7 Å². The fourth-order valence-corrected chi connectivity index (χ4v) is 6.59. The summed E-state index contributed by atoms with van der Waals surface area (Å²) in [5.74, 6) is 0.582. The number of anilines is 1. The molecule has 1 unspecified atom stereocenters. The number of rotatable bonds is 9. The third-order valence-electron chi connectivity index (χ3n) is 6.47. The average Bonchev–Trinajstić information content (AvgIpc) is 3.57. The first kappa shape index (κ1) is 26.2. The van der Waals surface area contributed by atoms with E-state index >= 15 is 0 Å². The van der Waals surface area contributed by atoms with E-state index in [0.717, 1.165) is 33.6 Å². The lowest BCUT2D eigenvalue weighted by molar-refractivity contribution is -0.122. The van der Waals surface area contributed by atoms with Gasteiger partial charge in [0.2, 0.25) is 11.8 Å². The molecule has 5 rings (SSSR count). The van der Waals surface area contributed by atoms with Crippen molar-refractivity contribution in [1.82, 2.24) is 15.1 Å². The molecule has 3 heterocycles. The van der Waals surface area contributed by atoms with Gasteiger partial charge in [0, 0.05) is 31.4 Å². The molecule has 2 amide bonds. The third-order valence-corrected chi connectivity index (χ3v) is 8.43. The standard InChI is InChI=1S/C29H30N4O3S2/c1-20-9-6-7-12-23(20)33-29-26(27(31-33)21-10-4-3-5-11-21)28(22-13-16-37-18-22)38-19-25(35)32(29)17-24(34)30-14-8-15-36-2/h3-7,9-13,16,18,28H,8,14-15,17,19H2,1-2H3,(H,30,34). The third kappa shape index (κ3) is 5.41. The van der Waals surface area contributed by atoms with E-state index in [9.17, 15) is 9.59 Å². The summed E-state index contributed by atoms with van der Waals surface area (Å²) in [4.78, 5) is 28.4. The number of hydrogen-bond acceptors (Lipinski definition) is 6. The van der Waals surface area contributed by atoms with E-state index in [1.54, 1.807) is 35.1 Å². The van der Waals surface area contributed by atoms with Gasteiger partial charge in [0.1, 0.15) is 12.4 Å². The number of aromatic nitrogens is 2. The van der Waals surface area contributed by atoms with E-state index in [0.29, 0.717) is 25.4 Å². The zero-order valence-corrected chi connectivity index (χ0v) is 23.1. The molecular formula is C29H30N4O3S2. The van der Waals surface area contributed by atoms with Crippen LogP contribution in [-0.4, -0.2) is 54.2 Å². The smallest absolute Gasteiger partial charge is 0.240 e. The van der Waals surface area contributed by atoms with Crippen LogP contribution in [0.25, 0.3) is 16.9 Å². The second-order valence-corrected chi connectivity index (χ2v) is 10.9. The molecule has 0 fully saturated rings. The zero-order valence-electron chi connectivity index (χ0n) is 21.4. The number of carbonyl (C=O) groups excluding carboxylic acids is 2. The van der Waals surface area contributed by atoms with Crippen LogP contribution in [0, 0.1) is 6.92 Å². The number of nitrogens with zero attached hydrogens (tertiary/aromatic N) is 3. The Kier molecular flexibility index (Phi) is 8.26. The van der Waals surface area contributed by atoms with Gasteiger partial charge in [-0.1, -0.05) is 48.5 Å². The molecule has 0 bridgehead atoms. The Morgan fingerprint density at radius 2 is 1.92 bits per heavy atom. The molecule has 1 aliphatic heterocycles. The van der Waals surface area contributed by atoms with Crippen LogP contribution in [0.2, 0.25) is 0 Å². The number of para-hydroxylation sites is 1. The van der Waals surface area contributed by atoms with Gasteiger partial charge in [0.05, 0.1) is 22.4 Å². The molecule has 0 spiro atoms. The molecule has 2 aromatic carbocycles. The van der Waals surface area contributed by atoms with Gasteiger partial charge in [0.15, 0.2) is 0 Å². The maximum atomic E-state index is 13.7. The van der Waals surface area contributed by atoms with E-state index in [-0.39, 0.29) is 29.4 Å². The molecule has 0 radical (unpaired) electrons. The highest BCUT2D eigenvalue weighted by Gasteiger charge is 2.38. The number of amides is 2. The van der Waals surface area contributed by atoms with Crippen LogP contribution in [0.5, 0.6) is 0 Å². The number of aryl methyl sites for hydroxylation is 1. The van der Waals surface area contributed by atoms with Crippen molar-refractivity contribution in [2.24, 2.45) is 0 Å². The molecule has 38 heavy (non-hydrogen) atoms. The summed E-state index contributed by atoms with van der Waals surface area (Å²) >= 11 is 3.22. The van der Waals surface area contributed by atoms with Crippen LogP contribution in [0.4, 0.5) is 5.82 Å². The minimum absolute atomic E-state index is 0.0818. The summed E-state index contributed by atoms with van der Waals surface area (Å²) in [5.41, 5.74) is 5.75. The van der Waals surface area contributed by atoms with Crippen LogP contribution in [-0.2, 0) is 14.3 Å². The van der Waals surface area contributed by atoms with Gasteiger partial charge in [0.25, 0.3) is 0 Å². The number of ether oxygens (including phenoxy) is 1. The summed E-state index contributed by atoms with van der Waals surface area (Å²) in [5, 5.41) is 12.2. The number of fused-ring (bicyclic) bond motifs is 1. The number of thiophene rings is 1. The van der Waals surface area contributed by atoms with Crippen molar-refractivity contribution in [3.8, 4) is 16.9 Å². The van der Waals surface area contributed by atoms with Crippen LogP contribution in [0.1, 0.15) is 28.4 Å². The molecule has 0 aliphatic carbocycles. The molecule has 2 aromatic heterocycles. The average molecular weight is 547 g/mol. The van der Waals surface area contributed by atoms with Crippen LogP contribution >= 0.6 is 23.1 Å². The number of thioether (sulfide) groups is 1. The van der Waals surface area contributed by atoms with Gasteiger partial charge in [-0.25, -0.2) is 4.68 Å². The van der Waals surface area contributed by atoms with E-state index in [4.69, 9.17) is 9.84 Å². The van der Waals surface area contributed by atoms with Crippen LogP contribution in [0.15, 0.2) is 71.4 Å². The van der Waals surface area contributed by atoms with Gasteiger partial charge < -0.3 is 10.1 Å². The Labute approximate surface area is 230 Å². The van der Waals surface area contributed by atoms with E-state index < -0.39 is 0 Å². The molecule has 1 aliphatic rings. The highest BCUT2D eigenvalue weighted by Crippen LogP contribution is 2.49. The summed E-state index contributed by atoms with van der Waals surface area (Å²) < 4.78 is 6.95. The first-order chi connectivity index (χ1) is 18.6. The van der Waals surface area contributed by atoms with E-state index in [1.165, 1.54) is 0 Å². The molecule has 0 saturated heterocycles. The highest BCUT2D eigenvalue weighted by molar-refractivity contribution is 8.00. The summed E-state index contributed by atoms with van der Waals surface area (Å²) in [6, 6.07) is 20.1. The molecule has 0 saturated carbocycles. The number of benzene rings is 2. The number of carbonyl (C=O) groups is 2. The quantitative estimate of drug-likeness (QED) is 0.291. The highest BCUT2D eigenvalue weighted by atomic mass is 32.2. The monoisotopic (exact) mass is 546 g/mol. The molecule has 1 N–H and O–H groups in total. The largest absolute Gasteiger partial charge is 0.385 e. The van der Waals surface area contributed by atoms with Crippen molar-refractivity contribution in [2.45, 2.75) is 18.6 Å². The van der Waals surface area contributed by atoms with Gasteiger partial charge in [-0.3, -0.25) is 14.5 Å². The molecule has 4 aromatic rings. The lowest BCUT2D eigenvalue weighted by Gasteiger charge is -2.23. The molecule has 1 atom stereocenters. The van der Waals surface area contributed by atoms with Crippen molar-refractivity contribution in [2.75, 3.05) is 37.5 Å². The first-order valence-electron chi connectivity index (χ1n) is 12.5. The maximum absolute atomic E-state index is 13.7. The zero-order chi connectivity index (χ0) is 26.5. The van der Waals surface area contributed by atoms with Crippen LogP contribution in [0.3, 0.4) is 0 Å². The number of hydrogen-bond donors (Lipinski definition) is 1. The Hall–Kier alpha value is -3.40. The van der Waals surface area contributed by atoms with Crippen molar-refractivity contribution in [1.29, 1.82) is 0 Å². The van der Waals surface area contributed by atoms with E-state index in [2.05, 4.69) is 22.1 Å². The lowest BCUT2D eigenvalue weighted by Crippen LogP contribution is -2.42. The fourth-order valence-electron chi connectivity index (χ4n) is 4.63. The number of methoxy groups -OCH3 is 1. The summed E-state index contributed by atoms with van der Waals surface area (Å²) in [6.07, 6.45) is 0.705. The van der Waals surface area contributed by atoms with Gasteiger partial charge >= 0.3 is 0 Å². The van der Waals surface area contributed by atoms with Gasteiger partial charge in [-0.15, -0.1) is 11.8 Å². The Bertz CT molecular complexity index is 1400. The minimum Gasteiger partial charge on any atom is -0.385 e. The SMILES string of the molecule is COCCCNC(=O)CN1C(=O)CSC(c2ccsc2)c2c(-c3ccccc3)nn(-c3ccccc3C)c21. The van der Waals surface area contributed by atoms with Gasteiger partial charge in [-0.2, -0.15) is 16.4 Å². The second-order valence-electron chi connectivity index (χ2n) is 9.07. The molecule has 196 valence electrons. The molecule has 9 heteroatoms. The van der Waals surface area contributed by atoms with Crippen molar-refractivity contribution in [3.05, 3.63) is 88.1 Å². The second kappa shape index (κ2) is 12.0. The van der Waals surface area contributed by atoms with Crippen molar-refractivity contribution in [3.63, 3.8) is 0 Å². The lowest BCUT2D eigenvalue weighted by atomic mass is 10.0. The Morgan fingerprint density at radius 3 is 2.66 bits per heavy atom. The first-order valence-corrected chi connectivity index (χ1v) is 14.5. The predicted molar refractivity (Wildman–Crippen MR) is 154 cm³/mol. The molecule has 7 nitrogen and oxygen atoms in total. The minimum atomic E-state index is -0.210. The fraction of sp³-hybridized carbons (Fsp3) is 0.276. The normalized spacial score (nSPS) is 15.3.